The summed E-state index contributed by atoms with van der Waals surface area (Å²) in [4.78, 5) is 2.41. The molecule has 0 amide bonds. The minimum atomic E-state index is 0.904. The van der Waals surface area contributed by atoms with Crippen LogP contribution in [0, 0.1) is 12.8 Å². The van der Waals surface area contributed by atoms with Gasteiger partial charge in [0.15, 0.2) is 0 Å². The molecule has 114 valence electrons. The van der Waals surface area contributed by atoms with Gasteiger partial charge in [-0.25, -0.2) is 0 Å². The Morgan fingerprint density at radius 2 is 2.10 bits per heavy atom. The van der Waals surface area contributed by atoms with Gasteiger partial charge in [0.2, 0.25) is 0 Å². The van der Waals surface area contributed by atoms with Crippen molar-refractivity contribution in [2.45, 2.75) is 59.0 Å². The Hall–Kier alpha value is -0.800. The molecular weight excluding hydrogens is 248 g/mol. The Kier molecular flexibility index (Phi) is 6.11. The molecule has 0 unspecified atom stereocenters. The highest BCUT2D eigenvalue weighted by Gasteiger charge is 2.17. The molecule has 1 fully saturated rings. The Morgan fingerprint density at radius 1 is 1.35 bits per heavy atom. The van der Waals surface area contributed by atoms with Gasteiger partial charge in [-0.15, -0.1) is 0 Å². The quantitative estimate of drug-likeness (QED) is 0.735. The highest BCUT2D eigenvalue weighted by molar-refractivity contribution is 5.20. The minimum absolute atomic E-state index is 0.904. The van der Waals surface area contributed by atoms with Crippen molar-refractivity contribution < 1.29 is 4.42 Å². The van der Waals surface area contributed by atoms with Crippen LogP contribution in [0.1, 0.15) is 56.1 Å². The van der Waals surface area contributed by atoms with Crippen molar-refractivity contribution in [3.63, 3.8) is 0 Å². The van der Waals surface area contributed by atoms with Crippen LogP contribution in [0.5, 0.6) is 0 Å². The molecule has 0 saturated heterocycles. The molecule has 0 atom stereocenters. The zero-order valence-electron chi connectivity index (χ0n) is 13.4. The van der Waals surface area contributed by atoms with Gasteiger partial charge >= 0.3 is 0 Å². The van der Waals surface area contributed by atoms with Gasteiger partial charge in [-0.2, -0.15) is 0 Å². The Balaban J connectivity index is 1.80. The van der Waals surface area contributed by atoms with Gasteiger partial charge in [0.05, 0.1) is 6.54 Å². The van der Waals surface area contributed by atoms with E-state index in [1.807, 2.05) is 0 Å². The van der Waals surface area contributed by atoms with E-state index >= 15 is 0 Å². The summed E-state index contributed by atoms with van der Waals surface area (Å²) in [6.45, 7) is 8.41. The van der Waals surface area contributed by atoms with Gasteiger partial charge in [0.25, 0.3) is 0 Å². The number of hydrogen-bond donors (Lipinski definition) is 1. The monoisotopic (exact) mass is 278 g/mol. The van der Waals surface area contributed by atoms with Crippen LogP contribution in [0.2, 0.25) is 0 Å². The van der Waals surface area contributed by atoms with E-state index in [-0.39, 0.29) is 0 Å². The summed E-state index contributed by atoms with van der Waals surface area (Å²) in [6.07, 6.45) is 6.84. The molecule has 0 aromatic carbocycles. The summed E-state index contributed by atoms with van der Waals surface area (Å²) < 4.78 is 5.90. The minimum Gasteiger partial charge on any atom is -0.465 e. The second kappa shape index (κ2) is 7.84. The molecule has 3 heteroatoms. The fraction of sp³-hybridized carbons (Fsp3) is 0.765. The predicted octanol–water partition coefficient (Wildman–Crippen LogP) is 3.71. The number of furan rings is 1. The second-order valence-electron chi connectivity index (χ2n) is 6.32. The highest BCUT2D eigenvalue weighted by atomic mass is 16.3. The topological polar surface area (TPSA) is 28.4 Å². The van der Waals surface area contributed by atoms with Gasteiger partial charge in [-0.05, 0) is 51.8 Å². The van der Waals surface area contributed by atoms with Gasteiger partial charge in [-0.1, -0.05) is 19.8 Å². The first-order chi connectivity index (χ1) is 9.69. The molecule has 0 spiro atoms. The maximum atomic E-state index is 5.90. The molecule has 3 nitrogen and oxygen atoms in total. The van der Waals surface area contributed by atoms with E-state index in [4.69, 9.17) is 4.42 Å². The molecule has 1 saturated carbocycles. The largest absolute Gasteiger partial charge is 0.465 e. The second-order valence-corrected chi connectivity index (χ2v) is 6.32. The average Bonchev–Trinajstić information content (AvgIpc) is 3.00. The third kappa shape index (κ3) is 4.64. The molecule has 1 heterocycles. The summed E-state index contributed by atoms with van der Waals surface area (Å²) in [5.41, 5.74) is 1.31. The molecule has 1 aromatic heterocycles. The van der Waals surface area contributed by atoms with Crippen molar-refractivity contribution in [2.75, 3.05) is 20.1 Å². The first-order valence-electron chi connectivity index (χ1n) is 8.16. The summed E-state index contributed by atoms with van der Waals surface area (Å²) in [5, 5.41) is 3.44. The van der Waals surface area contributed by atoms with Crippen LogP contribution in [0.25, 0.3) is 0 Å². The average molecular weight is 278 g/mol. The summed E-state index contributed by atoms with van der Waals surface area (Å²) in [7, 11) is 2.21. The molecular formula is C17H30N2O. The van der Waals surface area contributed by atoms with Gasteiger partial charge < -0.3 is 9.73 Å². The number of nitrogens with zero attached hydrogens (tertiary/aromatic N) is 1. The zero-order valence-corrected chi connectivity index (χ0v) is 13.4. The molecule has 1 aromatic rings. The molecule has 20 heavy (non-hydrogen) atoms. The Labute approximate surface area is 123 Å². The lowest BCUT2D eigenvalue weighted by molar-refractivity contribution is 0.249. The maximum Gasteiger partial charge on any atom is 0.118 e. The fourth-order valence-electron chi connectivity index (χ4n) is 3.21. The lowest BCUT2D eigenvalue weighted by Gasteiger charge is -2.19. The van der Waals surface area contributed by atoms with Gasteiger partial charge in [0, 0.05) is 18.7 Å². The number of aryl methyl sites for hydroxylation is 1. The zero-order chi connectivity index (χ0) is 14.4. The van der Waals surface area contributed by atoms with Crippen molar-refractivity contribution in [1.29, 1.82) is 0 Å². The molecule has 1 aliphatic carbocycles. The van der Waals surface area contributed by atoms with Crippen LogP contribution in [-0.4, -0.2) is 25.0 Å². The van der Waals surface area contributed by atoms with E-state index in [1.165, 1.54) is 44.2 Å². The van der Waals surface area contributed by atoms with Crippen LogP contribution in [0.3, 0.4) is 0 Å². The third-order valence-electron chi connectivity index (χ3n) is 4.28. The lowest BCUT2D eigenvalue weighted by atomic mass is 10.1. The van der Waals surface area contributed by atoms with E-state index in [1.54, 1.807) is 0 Å². The summed E-state index contributed by atoms with van der Waals surface area (Å²) in [5.74, 6) is 3.08. The third-order valence-corrected chi connectivity index (χ3v) is 4.28. The van der Waals surface area contributed by atoms with E-state index in [0.717, 1.165) is 37.1 Å². The van der Waals surface area contributed by atoms with E-state index < -0.39 is 0 Å². The van der Waals surface area contributed by atoms with E-state index in [2.05, 4.69) is 37.2 Å². The molecule has 1 aliphatic rings. The van der Waals surface area contributed by atoms with E-state index in [9.17, 15) is 0 Å². The lowest BCUT2D eigenvalue weighted by Crippen LogP contribution is -2.23. The standard InChI is InChI=1S/C17H30N2O/c1-4-9-18-11-16-10-17(20-14(16)2)13-19(3)12-15-7-5-6-8-15/h10,15,18H,4-9,11-13H2,1-3H3. The molecule has 0 aliphatic heterocycles. The first-order valence-corrected chi connectivity index (χ1v) is 8.16. The normalized spacial score (nSPS) is 16.4. The maximum absolute atomic E-state index is 5.90. The fourth-order valence-corrected chi connectivity index (χ4v) is 3.21. The van der Waals surface area contributed by atoms with Crippen molar-refractivity contribution in [1.82, 2.24) is 10.2 Å². The Bertz CT molecular complexity index is 394. The smallest absolute Gasteiger partial charge is 0.118 e. The molecule has 2 rings (SSSR count). The van der Waals surface area contributed by atoms with Crippen LogP contribution in [-0.2, 0) is 13.1 Å². The number of rotatable bonds is 8. The molecule has 1 N–H and O–H groups in total. The van der Waals surface area contributed by atoms with Crippen molar-refractivity contribution >= 4 is 0 Å². The molecule has 0 bridgehead atoms. The van der Waals surface area contributed by atoms with Gasteiger partial charge in [0.1, 0.15) is 11.5 Å². The van der Waals surface area contributed by atoms with Crippen LogP contribution < -0.4 is 5.32 Å². The van der Waals surface area contributed by atoms with Crippen molar-refractivity contribution in [3.8, 4) is 0 Å². The predicted molar refractivity (Wildman–Crippen MR) is 83.7 cm³/mol. The number of nitrogens with one attached hydrogen (secondary N) is 1. The summed E-state index contributed by atoms with van der Waals surface area (Å²) in [6, 6.07) is 2.23. The van der Waals surface area contributed by atoms with Crippen LogP contribution in [0.4, 0.5) is 0 Å². The van der Waals surface area contributed by atoms with Crippen LogP contribution in [0.15, 0.2) is 10.5 Å². The van der Waals surface area contributed by atoms with Crippen LogP contribution >= 0.6 is 0 Å². The van der Waals surface area contributed by atoms with Gasteiger partial charge in [-0.3, -0.25) is 4.90 Å². The highest BCUT2D eigenvalue weighted by Crippen LogP contribution is 2.26. The SMILES string of the molecule is CCCNCc1cc(CN(C)CC2CCCC2)oc1C. The molecule has 0 radical (unpaired) electrons. The summed E-state index contributed by atoms with van der Waals surface area (Å²) >= 11 is 0. The first kappa shape index (κ1) is 15.6. The number of hydrogen-bond acceptors (Lipinski definition) is 3. The van der Waals surface area contributed by atoms with Crippen molar-refractivity contribution in [2.24, 2.45) is 5.92 Å². The van der Waals surface area contributed by atoms with Crippen molar-refractivity contribution in [3.05, 3.63) is 23.2 Å². The van der Waals surface area contributed by atoms with E-state index in [0.29, 0.717) is 0 Å². The Morgan fingerprint density at radius 3 is 2.80 bits per heavy atom.